The zero-order valence-electron chi connectivity index (χ0n) is 12.3. The van der Waals surface area contributed by atoms with Gasteiger partial charge in [0.1, 0.15) is 0 Å². The number of hydrogen-bond acceptors (Lipinski definition) is 3. The molecule has 4 nitrogen and oxygen atoms in total. The summed E-state index contributed by atoms with van der Waals surface area (Å²) < 4.78 is 0. The molecule has 0 bridgehead atoms. The number of carbonyl (C=O) groups is 1. The SMILES string of the molecule is C=C(CNC(C)(C)C)CN1CCN(C(C)=O)CC1. The molecule has 1 aliphatic heterocycles. The predicted octanol–water partition coefficient (Wildman–Crippen LogP) is 1.09. The van der Waals surface area contributed by atoms with Gasteiger partial charge in [0.05, 0.1) is 0 Å². The number of amides is 1. The maximum absolute atomic E-state index is 11.2. The van der Waals surface area contributed by atoms with Crippen LogP contribution in [0.4, 0.5) is 0 Å². The van der Waals surface area contributed by atoms with Crippen molar-refractivity contribution >= 4 is 5.91 Å². The van der Waals surface area contributed by atoms with Gasteiger partial charge in [-0.3, -0.25) is 9.69 Å². The fourth-order valence-corrected chi connectivity index (χ4v) is 1.98. The summed E-state index contributed by atoms with van der Waals surface area (Å²) in [5.41, 5.74) is 1.34. The topological polar surface area (TPSA) is 35.6 Å². The molecule has 0 aromatic carbocycles. The van der Waals surface area contributed by atoms with Crippen LogP contribution in [0.3, 0.4) is 0 Å². The van der Waals surface area contributed by atoms with Crippen molar-refractivity contribution in [3.05, 3.63) is 12.2 Å². The zero-order valence-corrected chi connectivity index (χ0v) is 12.3. The number of hydrogen-bond donors (Lipinski definition) is 1. The fraction of sp³-hybridized carbons (Fsp3) is 0.786. The second kappa shape index (κ2) is 6.34. The Bertz CT molecular complexity index is 299. The molecule has 0 saturated carbocycles. The number of carbonyl (C=O) groups excluding carboxylic acids is 1. The van der Waals surface area contributed by atoms with Gasteiger partial charge < -0.3 is 10.2 Å². The first-order chi connectivity index (χ1) is 8.28. The summed E-state index contributed by atoms with van der Waals surface area (Å²) in [6.45, 7) is 17.6. The van der Waals surface area contributed by atoms with E-state index in [2.05, 4.69) is 37.6 Å². The van der Waals surface area contributed by atoms with E-state index in [1.54, 1.807) is 6.92 Å². The Morgan fingerprint density at radius 3 is 2.22 bits per heavy atom. The lowest BCUT2D eigenvalue weighted by Gasteiger charge is -2.34. The normalized spacial score (nSPS) is 17.9. The molecule has 1 amide bonds. The van der Waals surface area contributed by atoms with E-state index < -0.39 is 0 Å². The molecule has 1 aliphatic rings. The Hall–Kier alpha value is -0.870. The summed E-state index contributed by atoms with van der Waals surface area (Å²) in [6, 6.07) is 0. The molecule has 0 unspecified atom stereocenters. The first-order valence-corrected chi connectivity index (χ1v) is 6.67. The van der Waals surface area contributed by atoms with Crippen molar-refractivity contribution in [1.82, 2.24) is 15.1 Å². The molecule has 1 N–H and O–H groups in total. The second-order valence-corrected chi connectivity index (χ2v) is 6.14. The summed E-state index contributed by atoms with van der Waals surface area (Å²) in [6.07, 6.45) is 0. The minimum Gasteiger partial charge on any atom is -0.340 e. The number of rotatable bonds is 4. The third-order valence-corrected chi connectivity index (χ3v) is 3.13. The van der Waals surface area contributed by atoms with Gasteiger partial charge in [0.25, 0.3) is 0 Å². The molecule has 0 aliphatic carbocycles. The van der Waals surface area contributed by atoms with Gasteiger partial charge in [0.15, 0.2) is 0 Å². The van der Waals surface area contributed by atoms with Crippen LogP contribution in [-0.4, -0.2) is 60.5 Å². The Morgan fingerprint density at radius 1 is 1.22 bits per heavy atom. The molecule has 0 atom stereocenters. The summed E-state index contributed by atoms with van der Waals surface area (Å²) in [5.74, 6) is 0.183. The van der Waals surface area contributed by atoms with Gasteiger partial charge >= 0.3 is 0 Å². The predicted molar refractivity (Wildman–Crippen MR) is 75.6 cm³/mol. The van der Waals surface area contributed by atoms with Crippen LogP contribution in [0.2, 0.25) is 0 Å². The van der Waals surface area contributed by atoms with Gasteiger partial charge in [0, 0.05) is 51.7 Å². The molecular formula is C14H27N3O. The Kier molecular flexibility index (Phi) is 5.35. The van der Waals surface area contributed by atoms with Crippen molar-refractivity contribution in [3.8, 4) is 0 Å². The summed E-state index contributed by atoms with van der Waals surface area (Å²) in [4.78, 5) is 15.5. The summed E-state index contributed by atoms with van der Waals surface area (Å²) in [7, 11) is 0. The van der Waals surface area contributed by atoms with Crippen LogP contribution in [0.15, 0.2) is 12.2 Å². The van der Waals surface area contributed by atoms with Crippen molar-refractivity contribution in [1.29, 1.82) is 0 Å². The largest absolute Gasteiger partial charge is 0.340 e. The Balaban J connectivity index is 2.24. The molecule has 1 rings (SSSR count). The van der Waals surface area contributed by atoms with E-state index in [1.807, 2.05) is 4.90 Å². The molecule has 18 heavy (non-hydrogen) atoms. The average Bonchev–Trinajstić information content (AvgIpc) is 2.26. The van der Waals surface area contributed by atoms with Crippen LogP contribution in [0, 0.1) is 0 Å². The molecule has 0 aromatic rings. The molecule has 1 fully saturated rings. The highest BCUT2D eigenvalue weighted by atomic mass is 16.2. The van der Waals surface area contributed by atoms with Crippen LogP contribution >= 0.6 is 0 Å². The fourth-order valence-electron chi connectivity index (χ4n) is 1.98. The van der Waals surface area contributed by atoms with E-state index in [0.717, 1.165) is 39.3 Å². The summed E-state index contributed by atoms with van der Waals surface area (Å²) in [5, 5.41) is 3.45. The van der Waals surface area contributed by atoms with E-state index in [9.17, 15) is 4.79 Å². The van der Waals surface area contributed by atoms with E-state index >= 15 is 0 Å². The van der Waals surface area contributed by atoms with E-state index in [4.69, 9.17) is 0 Å². The maximum atomic E-state index is 11.2. The van der Waals surface area contributed by atoms with E-state index in [1.165, 1.54) is 5.57 Å². The minimum atomic E-state index is 0.135. The highest BCUT2D eigenvalue weighted by Gasteiger charge is 2.19. The average molecular weight is 253 g/mol. The van der Waals surface area contributed by atoms with E-state index in [-0.39, 0.29) is 11.4 Å². The van der Waals surface area contributed by atoms with Gasteiger partial charge in [-0.05, 0) is 26.3 Å². The first-order valence-electron chi connectivity index (χ1n) is 6.67. The van der Waals surface area contributed by atoms with Gasteiger partial charge in [-0.2, -0.15) is 0 Å². The monoisotopic (exact) mass is 253 g/mol. The Labute approximate surface area is 111 Å². The smallest absolute Gasteiger partial charge is 0.219 e. The van der Waals surface area contributed by atoms with Gasteiger partial charge in [-0.25, -0.2) is 0 Å². The Morgan fingerprint density at radius 2 is 1.78 bits per heavy atom. The summed E-state index contributed by atoms with van der Waals surface area (Å²) >= 11 is 0. The van der Waals surface area contributed by atoms with Gasteiger partial charge in [0.2, 0.25) is 5.91 Å². The molecule has 0 radical (unpaired) electrons. The molecule has 0 spiro atoms. The highest BCUT2D eigenvalue weighted by molar-refractivity contribution is 5.73. The van der Waals surface area contributed by atoms with Crippen LogP contribution < -0.4 is 5.32 Å². The maximum Gasteiger partial charge on any atom is 0.219 e. The molecule has 4 heteroatoms. The van der Waals surface area contributed by atoms with Crippen LogP contribution in [-0.2, 0) is 4.79 Å². The standard InChI is InChI=1S/C14H27N3O/c1-12(10-15-14(3,4)5)11-16-6-8-17(9-7-16)13(2)18/h15H,1,6-11H2,2-5H3. The van der Waals surface area contributed by atoms with E-state index in [0.29, 0.717) is 0 Å². The number of nitrogens with zero attached hydrogens (tertiary/aromatic N) is 2. The molecule has 1 heterocycles. The molecule has 1 saturated heterocycles. The molecule has 104 valence electrons. The number of nitrogens with one attached hydrogen (secondary N) is 1. The quantitative estimate of drug-likeness (QED) is 0.762. The minimum absolute atomic E-state index is 0.135. The molecule has 0 aromatic heterocycles. The lowest BCUT2D eigenvalue weighted by atomic mass is 10.1. The van der Waals surface area contributed by atoms with Crippen molar-refractivity contribution in [2.75, 3.05) is 39.3 Å². The van der Waals surface area contributed by atoms with Crippen molar-refractivity contribution in [3.63, 3.8) is 0 Å². The first kappa shape index (κ1) is 15.2. The van der Waals surface area contributed by atoms with Gasteiger partial charge in [-0.15, -0.1) is 0 Å². The molecular weight excluding hydrogens is 226 g/mol. The second-order valence-electron chi connectivity index (χ2n) is 6.14. The lowest BCUT2D eigenvalue weighted by molar-refractivity contribution is -0.130. The van der Waals surface area contributed by atoms with Gasteiger partial charge in [-0.1, -0.05) is 6.58 Å². The third kappa shape index (κ3) is 5.65. The highest BCUT2D eigenvalue weighted by Crippen LogP contribution is 2.06. The van der Waals surface area contributed by atoms with Crippen LogP contribution in [0.1, 0.15) is 27.7 Å². The van der Waals surface area contributed by atoms with Crippen molar-refractivity contribution in [2.45, 2.75) is 33.2 Å². The third-order valence-electron chi connectivity index (χ3n) is 3.13. The zero-order chi connectivity index (χ0) is 13.8. The van der Waals surface area contributed by atoms with Crippen LogP contribution in [0.5, 0.6) is 0 Å². The van der Waals surface area contributed by atoms with Crippen molar-refractivity contribution in [2.24, 2.45) is 0 Å². The number of piperazine rings is 1. The lowest BCUT2D eigenvalue weighted by Crippen LogP contribution is -2.49. The van der Waals surface area contributed by atoms with Crippen LogP contribution in [0.25, 0.3) is 0 Å². The van der Waals surface area contributed by atoms with Crippen molar-refractivity contribution < 1.29 is 4.79 Å².